The number of aromatic nitrogens is 2. The van der Waals surface area contributed by atoms with Gasteiger partial charge in [-0.25, -0.2) is 4.98 Å². The Hall–Kier alpha value is -3.81. The molecule has 8 nitrogen and oxygen atoms in total. The Morgan fingerprint density at radius 3 is 2.56 bits per heavy atom. The molecule has 0 atom stereocenters. The molecule has 0 aliphatic heterocycles. The predicted octanol–water partition coefficient (Wildman–Crippen LogP) is 2.91. The van der Waals surface area contributed by atoms with E-state index in [4.69, 9.17) is 4.74 Å². The maximum absolute atomic E-state index is 12.3. The van der Waals surface area contributed by atoms with Gasteiger partial charge in [-0.05, 0) is 36.8 Å². The van der Waals surface area contributed by atoms with Crippen molar-refractivity contribution in [2.45, 2.75) is 13.5 Å². The van der Waals surface area contributed by atoms with E-state index in [1.54, 1.807) is 31.4 Å². The third kappa shape index (κ3) is 6.34. The van der Waals surface area contributed by atoms with Gasteiger partial charge in [-0.15, -0.1) is 0 Å². The number of imidazole rings is 1. The van der Waals surface area contributed by atoms with Crippen LogP contribution in [0.3, 0.4) is 0 Å². The molecule has 0 aliphatic carbocycles. The number of hydrogen-bond donors (Lipinski definition) is 3. The van der Waals surface area contributed by atoms with Crippen molar-refractivity contribution in [3.05, 3.63) is 72.2 Å². The summed E-state index contributed by atoms with van der Waals surface area (Å²) in [6.07, 6.45) is 1.84. The van der Waals surface area contributed by atoms with Crippen LogP contribution in [0, 0.1) is 0 Å². The molecule has 2 aromatic carbocycles. The Morgan fingerprint density at radius 1 is 1.12 bits per heavy atom. The van der Waals surface area contributed by atoms with Crippen LogP contribution in [0.25, 0.3) is 11.3 Å². The lowest BCUT2D eigenvalue weighted by molar-refractivity contribution is 0.0954. The van der Waals surface area contributed by atoms with Crippen LogP contribution in [-0.4, -0.2) is 60.5 Å². The van der Waals surface area contributed by atoms with Gasteiger partial charge in [0, 0.05) is 25.7 Å². The minimum Gasteiger partial charge on any atom is -0.497 e. The number of ether oxygens (including phenoxy) is 1. The molecular formula is C24H30N6O2. The Bertz CT molecular complexity index is 1010. The molecule has 0 bridgehead atoms. The fourth-order valence-corrected chi connectivity index (χ4v) is 3.15. The third-order valence-corrected chi connectivity index (χ3v) is 4.81. The number of carbonyl (C=O) groups is 1. The van der Waals surface area contributed by atoms with Crippen LogP contribution in [0.2, 0.25) is 0 Å². The number of hydrogen-bond acceptors (Lipinski definition) is 4. The van der Waals surface area contributed by atoms with Gasteiger partial charge in [0.2, 0.25) is 0 Å². The van der Waals surface area contributed by atoms with Crippen LogP contribution < -0.4 is 15.4 Å². The summed E-state index contributed by atoms with van der Waals surface area (Å²) in [5.74, 6) is 2.19. The molecule has 0 saturated heterocycles. The molecular weight excluding hydrogens is 404 g/mol. The molecule has 0 spiro atoms. The Balaban J connectivity index is 1.53. The van der Waals surface area contributed by atoms with Crippen molar-refractivity contribution in [2.75, 3.05) is 33.8 Å². The summed E-state index contributed by atoms with van der Waals surface area (Å²) in [6, 6.07) is 17.1. The topological polar surface area (TPSA) is 94.6 Å². The van der Waals surface area contributed by atoms with E-state index >= 15 is 0 Å². The van der Waals surface area contributed by atoms with E-state index in [-0.39, 0.29) is 5.91 Å². The second kappa shape index (κ2) is 11.5. The van der Waals surface area contributed by atoms with Gasteiger partial charge >= 0.3 is 0 Å². The summed E-state index contributed by atoms with van der Waals surface area (Å²) in [4.78, 5) is 26.8. The highest BCUT2D eigenvalue weighted by Gasteiger charge is 2.10. The average Bonchev–Trinajstić information content (AvgIpc) is 3.30. The monoisotopic (exact) mass is 434 g/mol. The van der Waals surface area contributed by atoms with Crippen molar-refractivity contribution >= 4 is 11.9 Å². The molecule has 168 valence electrons. The first kappa shape index (κ1) is 22.9. The molecule has 0 saturated carbocycles. The van der Waals surface area contributed by atoms with E-state index in [2.05, 4.69) is 25.6 Å². The second-order valence-electron chi connectivity index (χ2n) is 7.19. The molecule has 3 N–H and O–H groups in total. The van der Waals surface area contributed by atoms with Crippen LogP contribution in [-0.2, 0) is 6.54 Å². The number of rotatable bonds is 9. The van der Waals surface area contributed by atoms with Crippen molar-refractivity contribution in [1.29, 1.82) is 0 Å². The van der Waals surface area contributed by atoms with E-state index < -0.39 is 0 Å². The number of nitrogens with one attached hydrogen (secondary N) is 3. The SMILES string of the molecule is CCNC(=NCCNC(=O)c1ccc(OC)cc1)N(C)Cc1ncc(-c2ccccc2)[nH]1. The maximum atomic E-state index is 12.3. The van der Waals surface area contributed by atoms with Gasteiger partial charge in [-0.1, -0.05) is 30.3 Å². The van der Waals surface area contributed by atoms with Crippen molar-refractivity contribution in [3.63, 3.8) is 0 Å². The number of methoxy groups -OCH3 is 1. The number of carbonyl (C=O) groups excluding carboxylic acids is 1. The molecule has 0 aliphatic rings. The molecule has 3 rings (SSSR count). The van der Waals surface area contributed by atoms with Gasteiger partial charge in [0.05, 0.1) is 32.1 Å². The van der Waals surface area contributed by atoms with E-state index in [1.165, 1.54) is 0 Å². The quantitative estimate of drug-likeness (QED) is 0.273. The van der Waals surface area contributed by atoms with Gasteiger partial charge in [0.1, 0.15) is 11.6 Å². The molecule has 0 fully saturated rings. The first-order chi connectivity index (χ1) is 15.6. The van der Waals surface area contributed by atoms with Crippen LogP contribution in [0.1, 0.15) is 23.1 Å². The Kier molecular flexibility index (Phi) is 8.25. The number of aromatic amines is 1. The van der Waals surface area contributed by atoms with E-state index in [9.17, 15) is 4.79 Å². The average molecular weight is 435 g/mol. The zero-order chi connectivity index (χ0) is 22.8. The van der Waals surface area contributed by atoms with E-state index in [0.29, 0.717) is 25.2 Å². The highest BCUT2D eigenvalue weighted by Crippen LogP contribution is 2.16. The summed E-state index contributed by atoms with van der Waals surface area (Å²) in [5, 5.41) is 6.17. The molecule has 32 heavy (non-hydrogen) atoms. The van der Waals surface area contributed by atoms with Crippen molar-refractivity contribution < 1.29 is 9.53 Å². The largest absolute Gasteiger partial charge is 0.497 e. The highest BCUT2D eigenvalue weighted by atomic mass is 16.5. The minimum atomic E-state index is -0.134. The van der Waals surface area contributed by atoms with Gasteiger partial charge in [-0.3, -0.25) is 9.79 Å². The van der Waals surface area contributed by atoms with Gasteiger partial charge in [-0.2, -0.15) is 0 Å². The summed E-state index contributed by atoms with van der Waals surface area (Å²) < 4.78 is 5.12. The summed E-state index contributed by atoms with van der Waals surface area (Å²) >= 11 is 0. The van der Waals surface area contributed by atoms with Crippen molar-refractivity contribution in [1.82, 2.24) is 25.5 Å². The number of guanidine groups is 1. The third-order valence-electron chi connectivity index (χ3n) is 4.81. The first-order valence-corrected chi connectivity index (χ1v) is 10.6. The zero-order valence-corrected chi connectivity index (χ0v) is 18.8. The molecule has 1 heterocycles. The summed E-state index contributed by atoms with van der Waals surface area (Å²) in [5.41, 5.74) is 2.67. The molecule has 0 unspecified atom stereocenters. The minimum absolute atomic E-state index is 0.134. The van der Waals surface area contributed by atoms with E-state index in [1.807, 2.05) is 55.4 Å². The van der Waals surface area contributed by atoms with Crippen molar-refractivity contribution in [3.8, 4) is 17.0 Å². The number of amides is 1. The van der Waals surface area contributed by atoms with Gasteiger partial charge in [0.15, 0.2) is 5.96 Å². The fraction of sp³-hybridized carbons (Fsp3) is 0.292. The lowest BCUT2D eigenvalue weighted by Gasteiger charge is -2.21. The zero-order valence-electron chi connectivity index (χ0n) is 18.8. The summed E-state index contributed by atoms with van der Waals surface area (Å²) in [7, 11) is 3.56. The predicted molar refractivity (Wildman–Crippen MR) is 127 cm³/mol. The Labute approximate surface area is 188 Å². The number of H-pyrrole nitrogens is 1. The normalized spacial score (nSPS) is 11.2. The van der Waals surface area contributed by atoms with Crippen LogP contribution >= 0.6 is 0 Å². The fourth-order valence-electron chi connectivity index (χ4n) is 3.15. The lowest BCUT2D eigenvalue weighted by Crippen LogP contribution is -2.39. The van der Waals surface area contributed by atoms with Gasteiger partial charge < -0.3 is 25.3 Å². The smallest absolute Gasteiger partial charge is 0.251 e. The molecule has 1 amide bonds. The number of benzene rings is 2. The molecule has 0 radical (unpaired) electrons. The maximum Gasteiger partial charge on any atom is 0.251 e. The second-order valence-corrected chi connectivity index (χ2v) is 7.19. The van der Waals surface area contributed by atoms with Crippen LogP contribution in [0.5, 0.6) is 5.75 Å². The molecule has 1 aromatic heterocycles. The first-order valence-electron chi connectivity index (χ1n) is 10.6. The van der Waals surface area contributed by atoms with Crippen molar-refractivity contribution in [2.24, 2.45) is 4.99 Å². The van der Waals surface area contributed by atoms with Crippen LogP contribution in [0.4, 0.5) is 0 Å². The number of aliphatic imine (C=N–C) groups is 1. The standard InChI is InChI=1S/C24H30N6O2/c1-4-25-24(27-15-14-26-23(31)19-10-12-20(32-3)13-11-19)30(2)17-22-28-16-21(29-22)18-8-6-5-7-9-18/h5-13,16H,4,14-15,17H2,1-3H3,(H,25,27)(H,26,31)(H,28,29). The van der Waals surface area contributed by atoms with Crippen LogP contribution in [0.15, 0.2) is 65.8 Å². The lowest BCUT2D eigenvalue weighted by atomic mass is 10.2. The summed E-state index contributed by atoms with van der Waals surface area (Å²) in [6.45, 7) is 4.25. The molecule has 3 aromatic rings. The number of nitrogens with zero attached hydrogens (tertiary/aromatic N) is 3. The molecule has 8 heteroatoms. The van der Waals surface area contributed by atoms with E-state index in [0.717, 1.165) is 35.3 Å². The highest BCUT2D eigenvalue weighted by molar-refractivity contribution is 5.94. The van der Waals surface area contributed by atoms with Gasteiger partial charge in [0.25, 0.3) is 5.91 Å². The Morgan fingerprint density at radius 2 is 1.88 bits per heavy atom.